The second kappa shape index (κ2) is 8.54. The number of piperidine rings is 1. The van der Waals surface area contributed by atoms with Crippen molar-refractivity contribution in [3.63, 3.8) is 0 Å². The molecule has 1 amide bonds. The molecule has 1 aliphatic heterocycles. The molecule has 2 N–H and O–H groups in total. The van der Waals surface area contributed by atoms with Crippen LogP contribution in [0.3, 0.4) is 0 Å². The van der Waals surface area contributed by atoms with Gasteiger partial charge >= 0.3 is 0 Å². The van der Waals surface area contributed by atoms with Crippen LogP contribution in [0.2, 0.25) is 0 Å². The third-order valence-corrected chi connectivity index (χ3v) is 5.05. The van der Waals surface area contributed by atoms with Gasteiger partial charge in [-0.25, -0.2) is 0 Å². The summed E-state index contributed by atoms with van der Waals surface area (Å²) < 4.78 is 16.1. The zero-order valence-corrected chi connectivity index (χ0v) is 15.9. The summed E-state index contributed by atoms with van der Waals surface area (Å²) in [4.78, 5) is 13.0. The second-order valence-electron chi connectivity index (χ2n) is 6.72. The summed E-state index contributed by atoms with van der Waals surface area (Å²) in [5.41, 5.74) is 1.61. The van der Waals surface area contributed by atoms with Crippen molar-refractivity contribution < 1.29 is 19.0 Å². The molecule has 25 heavy (non-hydrogen) atoms. The van der Waals surface area contributed by atoms with Gasteiger partial charge in [-0.1, -0.05) is 0 Å². The summed E-state index contributed by atoms with van der Waals surface area (Å²) in [6.45, 7) is 6.11. The number of hydrogen-bond donors (Lipinski definition) is 2. The summed E-state index contributed by atoms with van der Waals surface area (Å²) in [5.74, 6) is 1.41. The topological polar surface area (TPSA) is 68.8 Å². The molecule has 6 heteroatoms. The molecule has 6 nitrogen and oxygen atoms in total. The molecule has 0 radical (unpaired) electrons. The monoisotopic (exact) mass is 350 g/mol. The molecule has 0 saturated carbocycles. The fourth-order valence-corrected chi connectivity index (χ4v) is 3.51. The molecule has 0 bridgehead atoms. The van der Waals surface area contributed by atoms with Crippen LogP contribution in [-0.2, 0) is 9.53 Å². The summed E-state index contributed by atoms with van der Waals surface area (Å²) in [6, 6.07) is 3.74. The Morgan fingerprint density at radius 2 is 1.80 bits per heavy atom. The number of aryl methyl sites for hydroxylation is 1. The number of nitrogens with one attached hydrogen (secondary N) is 2. The highest BCUT2D eigenvalue weighted by atomic mass is 16.5. The molecule has 1 atom stereocenters. The number of ether oxygens (including phenoxy) is 3. The van der Waals surface area contributed by atoms with Crippen LogP contribution in [0, 0.1) is 12.3 Å². The molecule has 0 aliphatic carbocycles. The lowest BCUT2D eigenvalue weighted by molar-refractivity contribution is -0.136. The molecule has 1 aromatic rings. The lowest BCUT2D eigenvalue weighted by Gasteiger charge is -2.36. The lowest BCUT2D eigenvalue weighted by Crippen LogP contribution is -2.50. The van der Waals surface area contributed by atoms with Crippen molar-refractivity contribution in [1.29, 1.82) is 0 Å². The van der Waals surface area contributed by atoms with Crippen molar-refractivity contribution in [2.24, 2.45) is 5.41 Å². The minimum Gasteiger partial charge on any atom is -0.493 e. The van der Waals surface area contributed by atoms with Gasteiger partial charge in [0.25, 0.3) is 0 Å². The minimum absolute atomic E-state index is 0.0533. The number of carbonyl (C=O) groups is 1. The van der Waals surface area contributed by atoms with E-state index < -0.39 is 5.41 Å². The molecular formula is C19H30N2O4. The van der Waals surface area contributed by atoms with E-state index >= 15 is 0 Å². The van der Waals surface area contributed by atoms with Gasteiger partial charge in [0, 0.05) is 7.11 Å². The van der Waals surface area contributed by atoms with Crippen molar-refractivity contribution in [3.05, 3.63) is 23.3 Å². The maximum Gasteiger partial charge on any atom is 0.229 e. The largest absolute Gasteiger partial charge is 0.493 e. The van der Waals surface area contributed by atoms with E-state index in [1.165, 1.54) is 0 Å². The van der Waals surface area contributed by atoms with Gasteiger partial charge < -0.3 is 24.8 Å². The first-order chi connectivity index (χ1) is 12.0. The summed E-state index contributed by atoms with van der Waals surface area (Å²) >= 11 is 0. The van der Waals surface area contributed by atoms with E-state index in [9.17, 15) is 4.79 Å². The zero-order valence-electron chi connectivity index (χ0n) is 15.9. The van der Waals surface area contributed by atoms with E-state index in [4.69, 9.17) is 14.2 Å². The number of amides is 1. The van der Waals surface area contributed by atoms with Gasteiger partial charge in [0.05, 0.1) is 32.3 Å². The van der Waals surface area contributed by atoms with Crippen molar-refractivity contribution in [3.8, 4) is 11.5 Å². The van der Waals surface area contributed by atoms with Crippen LogP contribution in [0.4, 0.5) is 0 Å². The quantitative estimate of drug-likeness (QED) is 0.789. The van der Waals surface area contributed by atoms with E-state index in [0.29, 0.717) is 18.1 Å². The van der Waals surface area contributed by atoms with Crippen LogP contribution in [0.1, 0.15) is 36.9 Å². The van der Waals surface area contributed by atoms with Gasteiger partial charge in [-0.15, -0.1) is 0 Å². The number of rotatable bonds is 7. The molecule has 1 aromatic carbocycles. The first kappa shape index (κ1) is 19.5. The molecule has 1 fully saturated rings. The maximum atomic E-state index is 13.0. The maximum absolute atomic E-state index is 13.0. The standard InChI is InChI=1S/C19H30N2O4/c1-13-10-16(24-4)17(25-5)11-15(13)14(2)21-18(22)19(12-23-3)6-8-20-9-7-19/h10-11,14,20H,6-9,12H2,1-5H3,(H,21,22). The molecule has 1 unspecified atom stereocenters. The highest BCUT2D eigenvalue weighted by molar-refractivity contribution is 5.83. The van der Waals surface area contributed by atoms with Crippen molar-refractivity contribution in [1.82, 2.24) is 10.6 Å². The third-order valence-electron chi connectivity index (χ3n) is 5.05. The molecular weight excluding hydrogens is 320 g/mol. The number of hydrogen-bond acceptors (Lipinski definition) is 5. The Kier molecular flexibility index (Phi) is 6.67. The summed E-state index contributed by atoms with van der Waals surface area (Å²) in [5, 5.41) is 6.49. The van der Waals surface area contributed by atoms with Crippen LogP contribution in [0.15, 0.2) is 12.1 Å². The average Bonchev–Trinajstić information content (AvgIpc) is 2.62. The average molecular weight is 350 g/mol. The first-order valence-electron chi connectivity index (χ1n) is 8.70. The van der Waals surface area contributed by atoms with E-state index in [1.807, 2.05) is 26.0 Å². The van der Waals surface area contributed by atoms with Crippen LogP contribution in [0.25, 0.3) is 0 Å². The normalized spacial score (nSPS) is 17.6. The second-order valence-corrected chi connectivity index (χ2v) is 6.72. The summed E-state index contributed by atoms with van der Waals surface area (Å²) in [6.07, 6.45) is 1.56. The van der Waals surface area contributed by atoms with E-state index in [0.717, 1.165) is 37.1 Å². The van der Waals surface area contributed by atoms with Crippen molar-refractivity contribution in [2.75, 3.05) is 41.0 Å². The van der Waals surface area contributed by atoms with Gasteiger partial charge in [-0.2, -0.15) is 0 Å². The van der Waals surface area contributed by atoms with E-state index in [-0.39, 0.29) is 11.9 Å². The fourth-order valence-electron chi connectivity index (χ4n) is 3.51. The van der Waals surface area contributed by atoms with E-state index in [1.54, 1.807) is 21.3 Å². The molecule has 1 aliphatic rings. The Labute approximate surface area is 150 Å². The predicted octanol–water partition coefficient (Wildman–Crippen LogP) is 2.21. The molecule has 2 rings (SSSR count). The summed E-state index contributed by atoms with van der Waals surface area (Å²) in [7, 11) is 4.88. The van der Waals surface area contributed by atoms with E-state index in [2.05, 4.69) is 10.6 Å². The van der Waals surface area contributed by atoms with Crippen LogP contribution >= 0.6 is 0 Å². The number of methoxy groups -OCH3 is 3. The van der Waals surface area contributed by atoms with Gasteiger partial charge in [-0.05, 0) is 63.0 Å². The van der Waals surface area contributed by atoms with Crippen molar-refractivity contribution in [2.45, 2.75) is 32.7 Å². The Balaban J connectivity index is 2.20. The Bertz CT molecular complexity index is 592. The Hall–Kier alpha value is -1.79. The SMILES string of the molecule is COCC1(C(=O)NC(C)c2cc(OC)c(OC)cc2C)CCNCC1. The van der Waals surface area contributed by atoms with Crippen molar-refractivity contribution >= 4 is 5.91 Å². The third kappa shape index (κ3) is 4.25. The van der Waals surface area contributed by atoms with Crippen LogP contribution < -0.4 is 20.1 Å². The highest BCUT2D eigenvalue weighted by Gasteiger charge is 2.40. The first-order valence-corrected chi connectivity index (χ1v) is 8.70. The Morgan fingerprint density at radius 3 is 2.36 bits per heavy atom. The molecule has 1 saturated heterocycles. The number of carbonyl (C=O) groups excluding carboxylic acids is 1. The van der Waals surface area contributed by atoms with Crippen LogP contribution in [-0.4, -0.2) is 46.9 Å². The highest BCUT2D eigenvalue weighted by Crippen LogP contribution is 2.34. The fraction of sp³-hybridized carbons (Fsp3) is 0.632. The zero-order chi connectivity index (χ0) is 18.4. The molecule has 1 heterocycles. The molecule has 140 valence electrons. The smallest absolute Gasteiger partial charge is 0.229 e. The molecule has 0 aromatic heterocycles. The van der Waals surface area contributed by atoms with Crippen LogP contribution in [0.5, 0.6) is 11.5 Å². The predicted molar refractivity (Wildman–Crippen MR) is 97.3 cm³/mol. The van der Waals surface area contributed by atoms with Gasteiger partial charge in [0.1, 0.15) is 0 Å². The van der Waals surface area contributed by atoms with Gasteiger partial charge in [-0.3, -0.25) is 4.79 Å². The minimum atomic E-state index is -0.460. The van der Waals surface area contributed by atoms with Gasteiger partial charge in [0.2, 0.25) is 5.91 Å². The number of benzene rings is 1. The van der Waals surface area contributed by atoms with Gasteiger partial charge in [0.15, 0.2) is 11.5 Å². The molecule has 0 spiro atoms. The Morgan fingerprint density at radius 1 is 1.20 bits per heavy atom. The lowest BCUT2D eigenvalue weighted by atomic mass is 9.78.